The SMILES string of the molecule is Nc1nc(N2CCN(C(=O)[C@@H]3CCc4ccccc43)CC2)cc(=O)[nH]1. The summed E-state index contributed by atoms with van der Waals surface area (Å²) in [6, 6.07) is 9.67. The maximum atomic E-state index is 12.9. The summed E-state index contributed by atoms with van der Waals surface area (Å²) in [6.07, 6.45) is 1.87. The third-order valence-corrected chi connectivity index (χ3v) is 5.09. The lowest BCUT2D eigenvalue weighted by Crippen LogP contribution is -2.50. The van der Waals surface area contributed by atoms with Crippen LogP contribution in [0.25, 0.3) is 0 Å². The molecule has 7 nitrogen and oxygen atoms in total. The predicted octanol–water partition coefficient (Wildman–Crippen LogP) is 0.731. The van der Waals surface area contributed by atoms with Crippen LogP contribution >= 0.6 is 0 Å². The fraction of sp³-hybridized carbons (Fsp3) is 0.389. The van der Waals surface area contributed by atoms with Gasteiger partial charge in [-0.2, -0.15) is 4.98 Å². The molecule has 4 rings (SSSR count). The van der Waals surface area contributed by atoms with E-state index in [1.165, 1.54) is 17.2 Å². The van der Waals surface area contributed by atoms with Gasteiger partial charge in [-0.15, -0.1) is 0 Å². The van der Waals surface area contributed by atoms with E-state index >= 15 is 0 Å². The zero-order valence-corrected chi connectivity index (χ0v) is 13.9. The number of carbonyl (C=O) groups excluding carboxylic acids is 1. The van der Waals surface area contributed by atoms with Gasteiger partial charge in [0.15, 0.2) is 0 Å². The predicted molar refractivity (Wildman–Crippen MR) is 95.6 cm³/mol. The van der Waals surface area contributed by atoms with E-state index in [4.69, 9.17) is 5.73 Å². The third kappa shape index (κ3) is 2.97. The minimum atomic E-state index is -0.261. The molecule has 25 heavy (non-hydrogen) atoms. The summed E-state index contributed by atoms with van der Waals surface area (Å²) >= 11 is 0. The first-order valence-corrected chi connectivity index (χ1v) is 8.60. The molecule has 1 aliphatic heterocycles. The maximum absolute atomic E-state index is 12.9. The molecular formula is C18H21N5O2. The first-order chi connectivity index (χ1) is 12.1. The zero-order chi connectivity index (χ0) is 17.4. The average molecular weight is 339 g/mol. The second-order valence-electron chi connectivity index (χ2n) is 6.59. The highest BCUT2D eigenvalue weighted by molar-refractivity contribution is 5.85. The minimum absolute atomic E-state index is 0.0175. The van der Waals surface area contributed by atoms with Crippen molar-refractivity contribution in [1.82, 2.24) is 14.9 Å². The molecule has 1 amide bonds. The lowest BCUT2D eigenvalue weighted by Gasteiger charge is -2.36. The van der Waals surface area contributed by atoms with Gasteiger partial charge >= 0.3 is 0 Å². The largest absolute Gasteiger partial charge is 0.369 e. The highest BCUT2D eigenvalue weighted by Crippen LogP contribution is 2.34. The van der Waals surface area contributed by atoms with E-state index in [2.05, 4.69) is 22.1 Å². The number of benzene rings is 1. The zero-order valence-electron chi connectivity index (χ0n) is 13.9. The van der Waals surface area contributed by atoms with Crippen molar-refractivity contribution in [2.24, 2.45) is 0 Å². The number of aromatic amines is 1. The molecule has 0 radical (unpaired) electrons. The number of carbonyl (C=O) groups is 1. The third-order valence-electron chi connectivity index (χ3n) is 5.09. The second-order valence-corrected chi connectivity index (χ2v) is 6.59. The number of piperazine rings is 1. The number of fused-ring (bicyclic) bond motifs is 1. The minimum Gasteiger partial charge on any atom is -0.369 e. The standard InChI is InChI=1S/C18H21N5O2/c19-18-20-15(11-16(24)21-18)22-7-9-23(10-8-22)17(25)14-6-5-12-3-1-2-4-13(12)14/h1-4,11,14H,5-10H2,(H3,19,20,21,24)/t14-/m1/s1. The number of rotatable bonds is 2. The van der Waals surface area contributed by atoms with Crippen molar-refractivity contribution in [3.63, 3.8) is 0 Å². The maximum Gasteiger partial charge on any atom is 0.254 e. The summed E-state index contributed by atoms with van der Waals surface area (Å²) in [5.41, 5.74) is 7.82. The number of amides is 1. The number of nitrogen functional groups attached to an aromatic ring is 1. The monoisotopic (exact) mass is 339 g/mol. The number of H-pyrrole nitrogens is 1. The molecule has 130 valence electrons. The molecule has 1 atom stereocenters. The Hall–Kier alpha value is -2.83. The lowest BCUT2D eigenvalue weighted by molar-refractivity contribution is -0.133. The number of aromatic nitrogens is 2. The van der Waals surface area contributed by atoms with Crippen LogP contribution in [0, 0.1) is 0 Å². The highest BCUT2D eigenvalue weighted by atomic mass is 16.2. The molecule has 2 aliphatic rings. The number of nitrogens with two attached hydrogens (primary N) is 1. The molecule has 1 aromatic heterocycles. The van der Waals surface area contributed by atoms with E-state index < -0.39 is 0 Å². The van der Waals surface area contributed by atoms with Crippen LogP contribution in [-0.4, -0.2) is 47.0 Å². The van der Waals surface area contributed by atoms with Gasteiger partial charge in [0.25, 0.3) is 5.56 Å². The van der Waals surface area contributed by atoms with Gasteiger partial charge < -0.3 is 15.5 Å². The molecule has 1 fully saturated rings. The quantitative estimate of drug-likeness (QED) is 0.841. The fourth-order valence-corrected chi connectivity index (χ4v) is 3.82. The van der Waals surface area contributed by atoms with Gasteiger partial charge in [0.1, 0.15) is 5.82 Å². The van der Waals surface area contributed by atoms with Crippen molar-refractivity contribution in [3.8, 4) is 0 Å². The van der Waals surface area contributed by atoms with Crippen LogP contribution in [0.1, 0.15) is 23.5 Å². The summed E-state index contributed by atoms with van der Waals surface area (Å²) in [6.45, 7) is 2.56. The van der Waals surface area contributed by atoms with Crippen LogP contribution < -0.4 is 16.2 Å². The lowest BCUT2D eigenvalue weighted by atomic mass is 9.99. The van der Waals surface area contributed by atoms with E-state index in [0.29, 0.717) is 32.0 Å². The van der Waals surface area contributed by atoms with E-state index in [-0.39, 0.29) is 23.3 Å². The normalized spacial score (nSPS) is 19.8. The van der Waals surface area contributed by atoms with Gasteiger partial charge in [-0.1, -0.05) is 24.3 Å². The Morgan fingerprint density at radius 3 is 2.72 bits per heavy atom. The molecule has 0 unspecified atom stereocenters. The first kappa shape index (κ1) is 15.7. The first-order valence-electron chi connectivity index (χ1n) is 8.60. The molecule has 3 N–H and O–H groups in total. The molecule has 1 aromatic carbocycles. The van der Waals surface area contributed by atoms with E-state index in [1.807, 2.05) is 21.9 Å². The van der Waals surface area contributed by atoms with Gasteiger partial charge in [-0.05, 0) is 24.0 Å². The van der Waals surface area contributed by atoms with Gasteiger partial charge in [-0.3, -0.25) is 14.6 Å². The molecule has 2 heterocycles. The van der Waals surface area contributed by atoms with Crippen LogP contribution in [0.4, 0.5) is 11.8 Å². The van der Waals surface area contributed by atoms with Crippen molar-refractivity contribution >= 4 is 17.7 Å². The Morgan fingerprint density at radius 1 is 1.20 bits per heavy atom. The molecule has 2 aromatic rings. The van der Waals surface area contributed by atoms with Crippen molar-refractivity contribution in [1.29, 1.82) is 0 Å². The van der Waals surface area contributed by atoms with Crippen molar-refractivity contribution in [2.45, 2.75) is 18.8 Å². The van der Waals surface area contributed by atoms with Crippen LogP contribution in [-0.2, 0) is 11.2 Å². The highest BCUT2D eigenvalue weighted by Gasteiger charge is 2.33. The molecule has 0 saturated carbocycles. The molecule has 0 bridgehead atoms. The Morgan fingerprint density at radius 2 is 1.96 bits per heavy atom. The second kappa shape index (κ2) is 6.23. The van der Waals surface area contributed by atoms with E-state index in [0.717, 1.165) is 12.8 Å². The van der Waals surface area contributed by atoms with E-state index in [1.54, 1.807) is 0 Å². The molecule has 7 heteroatoms. The summed E-state index contributed by atoms with van der Waals surface area (Å²) < 4.78 is 0. The molecule has 1 saturated heterocycles. The fourth-order valence-electron chi connectivity index (χ4n) is 3.82. The smallest absolute Gasteiger partial charge is 0.254 e. The topological polar surface area (TPSA) is 95.3 Å². The number of hydrogen-bond donors (Lipinski definition) is 2. The summed E-state index contributed by atoms with van der Waals surface area (Å²) in [7, 11) is 0. The Labute approximate surface area is 145 Å². The van der Waals surface area contributed by atoms with Gasteiger partial charge in [-0.25, -0.2) is 0 Å². The average Bonchev–Trinajstić information content (AvgIpc) is 3.04. The molecular weight excluding hydrogens is 318 g/mol. The molecule has 1 aliphatic carbocycles. The van der Waals surface area contributed by atoms with Crippen molar-refractivity contribution < 1.29 is 4.79 Å². The van der Waals surface area contributed by atoms with Crippen LogP contribution in [0.3, 0.4) is 0 Å². The van der Waals surface area contributed by atoms with Crippen LogP contribution in [0.5, 0.6) is 0 Å². The van der Waals surface area contributed by atoms with E-state index in [9.17, 15) is 9.59 Å². The summed E-state index contributed by atoms with van der Waals surface area (Å²) in [4.78, 5) is 35.0. The van der Waals surface area contributed by atoms with Gasteiger partial charge in [0.2, 0.25) is 11.9 Å². The van der Waals surface area contributed by atoms with Crippen LogP contribution in [0.2, 0.25) is 0 Å². The number of anilines is 2. The summed E-state index contributed by atoms with van der Waals surface area (Å²) in [5, 5.41) is 0. The van der Waals surface area contributed by atoms with Crippen molar-refractivity contribution in [3.05, 3.63) is 51.8 Å². The number of hydrogen-bond acceptors (Lipinski definition) is 5. The number of nitrogens with zero attached hydrogens (tertiary/aromatic N) is 3. The van der Waals surface area contributed by atoms with Crippen molar-refractivity contribution in [2.75, 3.05) is 36.8 Å². The Bertz CT molecular complexity index is 855. The number of nitrogens with one attached hydrogen (secondary N) is 1. The van der Waals surface area contributed by atoms with Gasteiger partial charge in [0, 0.05) is 32.2 Å². The Kier molecular flexibility index (Phi) is 3.91. The summed E-state index contributed by atoms with van der Waals surface area (Å²) in [5.74, 6) is 0.877. The number of aryl methyl sites for hydroxylation is 1. The Balaban J connectivity index is 1.44. The molecule has 0 spiro atoms. The van der Waals surface area contributed by atoms with Crippen LogP contribution in [0.15, 0.2) is 35.1 Å². The van der Waals surface area contributed by atoms with Gasteiger partial charge in [0.05, 0.1) is 5.92 Å².